The highest BCUT2D eigenvalue weighted by Gasteiger charge is 2.44. The molecule has 1 unspecified atom stereocenters. The summed E-state index contributed by atoms with van der Waals surface area (Å²) in [7, 11) is 0. The highest BCUT2D eigenvalue weighted by molar-refractivity contribution is 14.1. The molecule has 1 heteroatoms. The van der Waals surface area contributed by atoms with Crippen LogP contribution in [0.5, 0.6) is 0 Å². The third-order valence-corrected chi connectivity index (χ3v) is 10.2. The molecule has 0 radical (unpaired) electrons. The first-order chi connectivity index (χ1) is 18.9. The molecule has 0 aromatic heterocycles. The van der Waals surface area contributed by atoms with Crippen LogP contribution >= 0.6 is 22.6 Å². The van der Waals surface area contributed by atoms with E-state index in [1.54, 1.807) is 0 Å². The molecule has 0 fully saturated rings. The lowest BCUT2D eigenvalue weighted by Crippen LogP contribution is -2.25. The predicted octanol–water partition coefficient (Wildman–Crippen LogP) is 10.4. The van der Waals surface area contributed by atoms with Gasteiger partial charge in [-0.25, -0.2) is 0 Å². The summed E-state index contributed by atoms with van der Waals surface area (Å²) in [4.78, 5) is 0. The van der Waals surface area contributed by atoms with E-state index in [-0.39, 0.29) is 10.8 Å². The van der Waals surface area contributed by atoms with Crippen LogP contribution in [0.15, 0.2) is 109 Å². The summed E-state index contributed by atoms with van der Waals surface area (Å²) in [5.74, 6) is 0. The van der Waals surface area contributed by atoms with E-state index in [1.165, 1.54) is 75.2 Å². The first-order valence-electron chi connectivity index (χ1n) is 13.9. The fraction of sp³-hybridized carbons (Fsp3) is 0.158. The molecule has 2 aliphatic carbocycles. The van der Waals surface area contributed by atoms with Crippen molar-refractivity contribution in [3.8, 4) is 22.3 Å². The Kier molecular flexibility index (Phi) is 4.84. The van der Waals surface area contributed by atoms with E-state index in [4.69, 9.17) is 0 Å². The first kappa shape index (κ1) is 23.5. The largest absolute Gasteiger partial charge is 0.0619 e. The fourth-order valence-corrected chi connectivity index (χ4v) is 8.35. The van der Waals surface area contributed by atoms with E-state index in [9.17, 15) is 0 Å². The number of fused-ring (bicyclic) bond motifs is 11. The molecular weight excluding hydrogens is 583 g/mol. The van der Waals surface area contributed by atoms with Gasteiger partial charge in [0.25, 0.3) is 0 Å². The van der Waals surface area contributed by atoms with Gasteiger partial charge in [0.2, 0.25) is 0 Å². The van der Waals surface area contributed by atoms with E-state index in [2.05, 4.69) is 153 Å². The van der Waals surface area contributed by atoms with E-state index < -0.39 is 0 Å². The average Bonchev–Trinajstić information content (AvgIpc) is 3.35. The zero-order valence-corrected chi connectivity index (χ0v) is 24.6. The third-order valence-electron chi connectivity index (χ3n) is 9.57. The maximum atomic E-state index is 2.50. The lowest BCUT2D eigenvalue weighted by Gasteiger charge is -2.31. The maximum Gasteiger partial charge on any atom is 0.0234 e. The lowest BCUT2D eigenvalue weighted by atomic mass is 9.72. The molecule has 39 heavy (non-hydrogen) atoms. The van der Waals surface area contributed by atoms with Crippen LogP contribution in [0, 0.1) is 3.57 Å². The first-order valence-corrected chi connectivity index (χ1v) is 14.9. The van der Waals surface area contributed by atoms with E-state index >= 15 is 0 Å². The van der Waals surface area contributed by atoms with Crippen molar-refractivity contribution in [1.82, 2.24) is 0 Å². The van der Waals surface area contributed by atoms with Gasteiger partial charge in [-0.1, -0.05) is 118 Å². The smallest absolute Gasteiger partial charge is 0.0234 e. The zero-order valence-electron chi connectivity index (χ0n) is 22.5. The molecule has 0 heterocycles. The summed E-state index contributed by atoms with van der Waals surface area (Å²) in [5, 5.41) is 5.44. The molecule has 1 atom stereocenters. The number of hydrogen-bond acceptors (Lipinski definition) is 0. The minimum absolute atomic E-state index is 0.00656. The maximum absolute atomic E-state index is 2.50. The van der Waals surface area contributed by atoms with Crippen LogP contribution < -0.4 is 0 Å². The number of hydrogen-bond donors (Lipinski definition) is 0. The minimum Gasteiger partial charge on any atom is -0.0619 e. The Hall–Kier alpha value is -3.43. The Morgan fingerprint density at radius 1 is 0.538 bits per heavy atom. The van der Waals surface area contributed by atoms with Crippen LogP contribution in [-0.4, -0.2) is 0 Å². The molecule has 8 rings (SSSR count). The van der Waals surface area contributed by atoms with E-state index in [1.807, 2.05) is 0 Å². The molecule has 6 aromatic rings. The normalized spacial score (nSPS) is 18.2. The molecule has 6 aromatic carbocycles. The summed E-state index contributed by atoms with van der Waals surface area (Å²) in [5.41, 5.74) is 12.8. The zero-order chi connectivity index (χ0) is 26.5. The van der Waals surface area contributed by atoms with Gasteiger partial charge in [-0.3, -0.25) is 0 Å². The summed E-state index contributed by atoms with van der Waals surface area (Å²) in [6, 6.07) is 41.2. The second-order valence-electron chi connectivity index (χ2n) is 12.1. The summed E-state index contributed by atoms with van der Waals surface area (Å²) >= 11 is 2.49. The van der Waals surface area contributed by atoms with Crippen molar-refractivity contribution >= 4 is 44.1 Å². The van der Waals surface area contributed by atoms with Gasteiger partial charge in [-0.15, -0.1) is 0 Å². The predicted molar refractivity (Wildman–Crippen MR) is 174 cm³/mol. The number of rotatable bonds is 2. The van der Waals surface area contributed by atoms with Gasteiger partial charge in [0.1, 0.15) is 0 Å². The minimum atomic E-state index is -0.160. The Labute approximate surface area is 243 Å². The molecule has 2 aliphatic rings. The van der Waals surface area contributed by atoms with E-state index in [0.717, 1.165) is 6.42 Å². The summed E-state index contributed by atoms with van der Waals surface area (Å²) < 4.78 is 1.30. The molecule has 188 valence electrons. The molecule has 0 bridgehead atoms. The van der Waals surface area contributed by atoms with E-state index in [0.29, 0.717) is 0 Å². The van der Waals surface area contributed by atoms with Crippen molar-refractivity contribution in [2.75, 3.05) is 0 Å². The van der Waals surface area contributed by atoms with Crippen LogP contribution in [0.1, 0.15) is 48.6 Å². The standard InChI is InChI=1S/C38H29I/c1-37(2)31-17-9-8-16-29(31)34-23(11-10-18-32(34)37)22-38(3)33-21-24(39)19-20-30(33)35-27-14-6-4-12-25(27)26-13-5-7-15-28(26)36(35)38/h4-21H,22H2,1-3H3. The fourth-order valence-electron chi connectivity index (χ4n) is 7.86. The SMILES string of the molecule is CC1(C)c2ccccc2-c2c(CC3(C)c4cc(I)ccc4-c4c3c3ccccc3c3ccccc43)cccc21. The van der Waals surface area contributed by atoms with Gasteiger partial charge in [-0.05, 0) is 113 Å². The molecule has 0 N–H and O–H groups in total. The number of benzene rings is 6. The topological polar surface area (TPSA) is 0 Å². The van der Waals surface area contributed by atoms with Crippen molar-refractivity contribution < 1.29 is 0 Å². The van der Waals surface area contributed by atoms with Crippen molar-refractivity contribution in [2.45, 2.75) is 38.0 Å². The van der Waals surface area contributed by atoms with Crippen LogP contribution in [0.4, 0.5) is 0 Å². The molecule has 0 nitrogen and oxygen atoms in total. The van der Waals surface area contributed by atoms with Gasteiger partial charge < -0.3 is 0 Å². The second-order valence-corrected chi connectivity index (χ2v) is 13.3. The Bertz CT molecular complexity index is 1990. The summed E-state index contributed by atoms with van der Waals surface area (Å²) in [6.45, 7) is 7.26. The lowest BCUT2D eigenvalue weighted by molar-refractivity contribution is 0.587. The van der Waals surface area contributed by atoms with Crippen molar-refractivity contribution in [2.24, 2.45) is 0 Å². The second kappa shape index (κ2) is 8.05. The van der Waals surface area contributed by atoms with Crippen molar-refractivity contribution in [3.05, 3.63) is 141 Å². The van der Waals surface area contributed by atoms with Crippen molar-refractivity contribution in [3.63, 3.8) is 0 Å². The van der Waals surface area contributed by atoms with Crippen molar-refractivity contribution in [1.29, 1.82) is 0 Å². The monoisotopic (exact) mass is 612 g/mol. The van der Waals surface area contributed by atoms with Crippen LogP contribution in [0.3, 0.4) is 0 Å². The van der Waals surface area contributed by atoms with Crippen LogP contribution in [0.25, 0.3) is 43.8 Å². The third kappa shape index (κ3) is 3.05. The van der Waals surface area contributed by atoms with Gasteiger partial charge in [-0.2, -0.15) is 0 Å². The molecule has 0 aliphatic heterocycles. The molecule has 0 spiro atoms. The van der Waals surface area contributed by atoms with Crippen LogP contribution in [-0.2, 0) is 17.3 Å². The van der Waals surface area contributed by atoms with Gasteiger partial charge >= 0.3 is 0 Å². The van der Waals surface area contributed by atoms with Gasteiger partial charge in [0.05, 0.1) is 0 Å². The van der Waals surface area contributed by atoms with Gasteiger partial charge in [0, 0.05) is 14.4 Å². The Morgan fingerprint density at radius 2 is 1.15 bits per heavy atom. The molecule has 0 saturated carbocycles. The summed E-state index contributed by atoms with van der Waals surface area (Å²) in [6.07, 6.45) is 0.961. The highest BCUT2D eigenvalue weighted by Crippen LogP contribution is 2.57. The molecule has 0 amide bonds. The number of halogens is 1. The average molecular weight is 613 g/mol. The quantitative estimate of drug-likeness (QED) is 0.135. The molecular formula is C38H29I. The Morgan fingerprint density at radius 3 is 1.95 bits per heavy atom. The van der Waals surface area contributed by atoms with Crippen LogP contribution in [0.2, 0.25) is 0 Å². The highest BCUT2D eigenvalue weighted by atomic mass is 127. The molecule has 0 saturated heterocycles. The van der Waals surface area contributed by atoms with Gasteiger partial charge in [0.15, 0.2) is 0 Å². The Balaban J connectivity index is 1.46.